The molecule has 0 aromatic heterocycles. The van der Waals surface area contributed by atoms with Crippen molar-refractivity contribution in [3.63, 3.8) is 0 Å². The number of rotatable bonds is 3. The van der Waals surface area contributed by atoms with Crippen LogP contribution in [0.25, 0.3) is 0 Å². The fourth-order valence-corrected chi connectivity index (χ4v) is 2.20. The highest BCUT2D eigenvalue weighted by Crippen LogP contribution is 2.50. The average Bonchev–Trinajstić information content (AvgIpc) is 2.97. The van der Waals surface area contributed by atoms with Gasteiger partial charge in [-0.05, 0) is 31.4 Å². The summed E-state index contributed by atoms with van der Waals surface area (Å²) in [5, 5.41) is 0. The molecule has 0 amide bonds. The second-order valence-corrected chi connectivity index (χ2v) is 4.90. The molecule has 1 aromatic rings. The number of aryl methyl sites for hydroxylation is 1. The molecule has 0 aliphatic heterocycles. The molecular weight excluding hydrogens is 184 g/mol. The number of benzene rings is 1. The van der Waals surface area contributed by atoms with Crippen LogP contribution < -0.4 is 10.6 Å². The largest absolute Gasteiger partial charge is 0.377 e. The molecule has 2 heteroatoms. The van der Waals surface area contributed by atoms with Gasteiger partial charge in [0.05, 0.1) is 0 Å². The third kappa shape index (κ3) is 1.74. The van der Waals surface area contributed by atoms with Crippen LogP contribution in [0.2, 0.25) is 0 Å². The van der Waals surface area contributed by atoms with Crippen LogP contribution >= 0.6 is 0 Å². The molecule has 1 aliphatic carbocycles. The lowest BCUT2D eigenvalue weighted by atomic mass is 9.92. The first-order chi connectivity index (χ1) is 7.09. The lowest BCUT2D eigenvalue weighted by Gasteiger charge is -2.23. The topological polar surface area (TPSA) is 29.3 Å². The highest BCUT2D eigenvalue weighted by Gasteiger charge is 2.44. The Morgan fingerprint density at radius 3 is 2.47 bits per heavy atom. The standard InChI is InChI=1S/C13H20N2/c1-10-4-5-12(15(2)3)11(8-10)13(9-14)6-7-13/h4-5,8H,6-7,9,14H2,1-3H3. The molecule has 2 N–H and O–H groups in total. The molecule has 1 saturated carbocycles. The van der Waals surface area contributed by atoms with Crippen LogP contribution in [-0.4, -0.2) is 20.6 Å². The summed E-state index contributed by atoms with van der Waals surface area (Å²) in [5.41, 5.74) is 10.3. The maximum Gasteiger partial charge on any atom is 0.0399 e. The summed E-state index contributed by atoms with van der Waals surface area (Å²) in [6, 6.07) is 6.68. The van der Waals surface area contributed by atoms with E-state index < -0.39 is 0 Å². The molecule has 2 rings (SSSR count). The minimum absolute atomic E-state index is 0.283. The summed E-state index contributed by atoms with van der Waals surface area (Å²) >= 11 is 0. The number of anilines is 1. The third-order valence-electron chi connectivity index (χ3n) is 3.45. The van der Waals surface area contributed by atoms with Gasteiger partial charge in [-0.1, -0.05) is 17.7 Å². The molecule has 0 radical (unpaired) electrons. The zero-order valence-electron chi connectivity index (χ0n) is 9.88. The number of hydrogen-bond acceptors (Lipinski definition) is 2. The van der Waals surface area contributed by atoms with E-state index in [4.69, 9.17) is 5.73 Å². The van der Waals surface area contributed by atoms with E-state index in [2.05, 4.69) is 44.1 Å². The molecule has 0 atom stereocenters. The van der Waals surface area contributed by atoms with Crippen LogP contribution in [0.15, 0.2) is 18.2 Å². The summed E-state index contributed by atoms with van der Waals surface area (Å²) in [6.45, 7) is 2.92. The number of nitrogens with zero attached hydrogens (tertiary/aromatic N) is 1. The normalized spacial score (nSPS) is 17.6. The lowest BCUT2D eigenvalue weighted by molar-refractivity contribution is 0.702. The number of hydrogen-bond donors (Lipinski definition) is 1. The maximum atomic E-state index is 5.90. The van der Waals surface area contributed by atoms with Crippen molar-refractivity contribution in [3.8, 4) is 0 Å². The SMILES string of the molecule is Cc1ccc(N(C)C)c(C2(CN)CC2)c1. The first kappa shape index (κ1) is 10.5. The fourth-order valence-electron chi connectivity index (χ4n) is 2.20. The maximum absolute atomic E-state index is 5.90. The van der Waals surface area contributed by atoms with Crippen LogP contribution in [-0.2, 0) is 5.41 Å². The summed E-state index contributed by atoms with van der Waals surface area (Å²) in [6.07, 6.45) is 2.49. The van der Waals surface area contributed by atoms with Gasteiger partial charge in [0, 0.05) is 31.7 Å². The molecule has 0 heterocycles. The summed E-state index contributed by atoms with van der Waals surface area (Å²) < 4.78 is 0. The van der Waals surface area contributed by atoms with Crippen molar-refractivity contribution in [1.29, 1.82) is 0 Å². The molecule has 1 fully saturated rings. The molecule has 0 spiro atoms. The Morgan fingerprint density at radius 2 is 2.00 bits per heavy atom. The first-order valence-electron chi connectivity index (χ1n) is 5.57. The van der Waals surface area contributed by atoms with E-state index in [-0.39, 0.29) is 5.41 Å². The zero-order valence-corrected chi connectivity index (χ0v) is 9.88. The van der Waals surface area contributed by atoms with Gasteiger partial charge in [0.15, 0.2) is 0 Å². The Morgan fingerprint density at radius 1 is 1.33 bits per heavy atom. The van der Waals surface area contributed by atoms with Gasteiger partial charge < -0.3 is 10.6 Å². The van der Waals surface area contributed by atoms with Gasteiger partial charge in [-0.15, -0.1) is 0 Å². The lowest BCUT2D eigenvalue weighted by Crippen LogP contribution is -2.23. The molecule has 0 unspecified atom stereocenters. The van der Waals surface area contributed by atoms with E-state index >= 15 is 0 Å². The minimum atomic E-state index is 0.283. The van der Waals surface area contributed by atoms with E-state index in [1.165, 1.54) is 29.7 Å². The third-order valence-corrected chi connectivity index (χ3v) is 3.45. The van der Waals surface area contributed by atoms with Crippen LogP contribution in [0.3, 0.4) is 0 Å². The summed E-state index contributed by atoms with van der Waals surface area (Å²) in [4.78, 5) is 2.19. The van der Waals surface area contributed by atoms with E-state index in [0.29, 0.717) is 0 Å². The minimum Gasteiger partial charge on any atom is -0.377 e. The van der Waals surface area contributed by atoms with Crippen molar-refractivity contribution in [2.24, 2.45) is 5.73 Å². The molecule has 0 bridgehead atoms. The fraction of sp³-hybridized carbons (Fsp3) is 0.538. The first-order valence-corrected chi connectivity index (χ1v) is 5.57. The van der Waals surface area contributed by atoms with E-state index in [1.54, 1.807) is 0 Å². The molecular formula is C13H20N2. The molecule has 0 saturated heterocycles. The van der Waals surface area contributed by atoms with Gasteiger partial charge in [0.2, 0.25) is 0 Å². The van der Waals surface area contributed by atoms with Crippen LogP contribution in [0.4, 0.5) is 5.69 Å². The Hall–Kier alpha value is -1.02. The predicted octanol–water partition coefficient (Wildman–Crippen LogP) is 2.05. The highest BCUT2D eigenvalue weighted by molar-refractivity contribution is 5.59. The van der Waals surface area contributed by atoms with Crippen molar-refractivity contribution < 1.29 is 0 Å². The Kier molecular flexibility index (Phi) is 2.47. The molecule has 82 valence electrons. The molecule has 15 heavy (non-hydrogen) atoms. The smallest absolute Gasteiger partial charge is 0.0399 e. The van der Waals surface area contributed by atoms with Crippen molar-refractivity contribution in [3.05, 3.63) is 29.3 Å². The molecule has 2 nitrogen and oxygen atoms in total. The Bertz CT molecular complexity index is 365. The summed E-state index contributed by atoms with van der Waals surface area (Å²) in [7, 11) is 4.20. The van der Waals surface area contributed by atoms with E-state index in [0.717, 1.165) is 6.54 Å². The van der Waals surface area contributed by atoms with E-state index in [9.17, 15) is 0 Å². The van der Waals surface area contributed by atoms with Gasteiger partial charge in [0.25, 0.3) is 0 Å². The second kappa shape index (κ2) is 3.53. The van der Waals surface area contributed by atoms with Crippen molar-refractivity contribution in [2.45, 2.75) is 25.2 Å². The Balaban J connectivity index is 2.48. The van der Waals surface area contributed by atoms with Gasteiger partial charge in [0.1, 0.15) is 0 Å². The van der Waals surface area contributed by atoms with Gasteiger partial charge in [-0.25, -0.2) is 0 Å². The second-order valence-electron chi connectivity index (χ2n) is 4.90. The van der Waals surface area contributed by atoms with Crippen LogP contribution in [0.5, 0.6) is 0 Å². The van der Waals surface area contributed by atoms with Crippen molar-refractivity contribution >= 4 is 5.69 Å². The van der Waals surface area contributed by atoms with Crippen LogP contribution in [0.1, 0.15) is 24.0 Å². The van der Waals surface area contributed by atoms with Gasteiger partial charge in [-0.3, -0.25) is 0 Å². The Labute approximate surface area is 92.1 Å². The van der Waals surface area contributed by atoms with Crippen molar-refractivity contribution in [1.82, 2.24) is 0 Å². The van der Waals surface area contributed by atoms with Gasteiger partial charge >= 0.3 is 0 Å². The number of nitrogens with two attached hydrogens (primary N) is 1. The van der Waals surface area contributed by atoms with Gasteiger partial charge in [-0.2, -0.15) is 0 Å². The van der Waals surface area contributed by atoms with Crippen molar-refractivity contribution in [2.75, 3.05) is 25.5 Å². The monoisotopic (exact) mass is 204 g/mol. The zero-order chi connectivity index (χ0) is 11.1. The molecule has 1 aliphatic rings. The van der Waals surface area contributed by atoms with E-state index in [1.807, 2.05) is 0 Å². The van der Waals surface area contributed by atoms with Crippen LogP contribution in [0, 0.1) is 6.92 Å². The highest BCUT2D eigenvalue weighted by atomic mass is 15.1. The average molecular weight is 204 g/mol. The predicted molar refractivity (Wildman–Crippen MR) is 65.5 cm³/mol. The summed E-state index contributed by atoms with van der Waals surface area (Å²) in [5.74, 6) is 0. The molecule has 1 aromatic carbocycles. The quantitative estimate of drug-likeness (QED) is 0.816.